The number of benzene rings is 1. The van der Waals surface area contributed by atoms with E-state index in [0.717, 1.165) is 12.1 Å². The first-order valence-electron chi connectivity index (χ1n) is 4.00. The van der Waals surface area contributed by atoms with E-state index in [1.165, 1.54) is 0 Å². The lowest BCUT2D eigenvalue weighted by molar-refractivity contribution is 0.426. The van der Waals surface area contributed by atoms with Gasteiger partial charge in [-0.15, -0.1) is 0 Å². The van der Waals surface area contributed by atoms with Crippen LogP contribution in [0.4, 0.5) is 0 Å². The second-order valence-electron chi connectivity index (χ2n) is 3.03. The van der Waals surface area contributed by atoms with Gasteiger partial charge in [0.15, 0.2) is 0 Å². The van der Waals surface area contributed by atoms with Crippen molar-refractivity contribution in [2.24, 2.45) is 0 Å². The molecule has 0 bridgehead atoms. The Labute approximate surface area is 80.8 Å². The highest BCUT2D eigenvalue weighted by Crippen LogP contribution is 2.04. The van der Waals surface area contributed by atoms with Crippen molar-refractivity contribution < 1.29 is 10.0 Å². The molecule has 0 aliphatic heterocycles. The maximum Gasteiger partial charge on any atom is 0.488 e. The second kappa shape index (κ2) is 4.73. The summed E-state index contributed by atoms with van der Waals surface area (Å²) in [5, 5.41) is 17.7. The molecule has 5 heteroatoms. The first kappa shape index (κ1) is 10.7. The topological polar surface area (TPSA) is 43.7 Å². The smallest absolute Gasteiger partial charge is 0.423 e. The molecule has 0 heterocycles. The molecule has 0 aliphatic carbocycles. The van der Waals surface area contributed by atoms with Crippen molar-refractivity contribution in [2.75, 3.05) is 7.05 Å². The minimum absolute atomic E-state index is 0.523. The third-order valence-electron chi connectivity index (χ3n) is 1.71. The van der Waals surface area contributed by atoms with Crippen molar-refractivity contribution in [3.8, 4) is 0 Å². The van der Waals surface area contributed by atoms with Crippen LogP contribution >= 0.6 is 9.39 Å². The van der Waals surface area contributed by atoms with Crippen LogP contribution in [-0.2, 0) is 6.54 Å². The Morgan fingerprint density at radius 3 is 2.23 bits per heavy atom. The zero-order valence-electron chi connectivity index (χ0n) is 7.51. The Kier molecular flexibility index (Phi) is 3.88. The first-order valence-corrected chi connectivity index (χ1v) is 4.52. The summed E-state index contributed by atoms with van der Waals surface area (Å²) < 4.78 is 1.98. The second-order valence-corrected chi connectivity index (χ2v) is 3.91. The zero-order chi connectivity index (χ0) is 9.84. The summed E-state index contributed by atoms with van der Waals surface area (Å²) in [6.07, 6.45) is 0. The van der Waals surface area contributed by atoms with Crippen LogP contribution in [0.3, 0.4) is 0 Å². The maximum atomic E-state index is 8.84. The quantitative estimate of drug-likeness (QED) is 0.511. The lowest BCUT2D eigenvalue weighted by Crippen LogP contribution is -2.29. The van der Waals surface area contributed by atoms with Crippen molar-refractivity contribution >= 4 is 22.0 Å². The fraction of sp³-hybridized carbons (Fsp3) is 0.250. The molecule has 2 N–H and O–H groups in total. The van der Waals surface area contributed by atoms with Crippen molar-refractivity contribution in [1.82, 2.24) is 4.67 Å². The molecule has 1 unspecified atom stereocenters. The van der Waals surface area contributed by atoms with E-state index < -0.39 is 7.12 Å². The molecule has 13 heavy (non-hydrogen) atoms. The predicted molar refractivity (Wildman–Crippen MR) is 57.4 cm³/mol. The van der Waals surface area contributed by atoms with E-state index in [0.29, 0.717) is 5.46 Å². The lowest BCUT2D eigenvalue weighted by atomic mass is 9.80. The molecule has 0 aliphatic rings. The summed E-state index contributed by atoms with van der Waals surface area (Å²) >= 11 is 0. The van der Waals surface area contributed by atoms with Crippen LogP contribution in [0.25, 0.3) is 0 Å². The van der Waals surface area contributed by atoms with Crippen LogP contribution in [0.15, 0.2) is 24.3 Å². The van der Waals surface area contributed by atoms with Gasteiger partial charge in [0.25, 0.3) is 0 Å². The number of hydrogen-bond donors (Lipinski definition) is 2. The summed E-state index contributed by atoms with van der Waals surface area (Å²) in [5.74, 6) is 0. The van der Waals surface area contributed by atoms with Gasteiger partial charge in [-0.2, -0.15) is 0 Å². The van der Waals surface area contributed by atoms with Gasteiger partial charge in [-0.05, 0) is 18.1 Å². The van der Waals surface area contributed by atoms with Gasteiger partial charge < -0.3 is 10.0 Å². The molecule has 1 atom stereocenters. The van der Waals surface area contributed by atoms with Crippen LogP contribution in [0.5, 0.6) is 0 Å². The first-order chi connectivity index (χ1) is 6.09. The molecule has 0 fully saturated rings. The number of rotatable bonds is 3. The largest absolute Gasteiger partial charge is 0.488 e. The third-order valence-corrected chi connectivity index (χ3v) is 1.89. The molecule has 0 saturated carbocycles. The lowest BCUT2D eigenvalue weighted by Gasteiger charge is -2.09. The van der Waals surface area contributed by atoms with Crippen LogP contribution in [0.2, 0.25) is 0 Å². The third kappa shape index (κ3) is 3.45. The monoisotopic (exact) mass is 197 g/mol. The van der Waals surface area contributed by atoms with E-state index in [1.807, 2.05) is 23.9 Å². The SMILES string of the molecule is CN(P)Cc1ccc(B(O)O)cc1. The van der Waals surface area contributed by atoms with Gasteiger partial charge in [-0.3, -0.25) is 4.67 Å². The van der Waals surface area contributed by atoms with Crippen molar-refractivity contribution in [3.63, 3.8) is 0 Å². The van der Waals surface area contributed by atoms with Gasteiger partial charge in [-0.25, -0.2) is 0 Å². The van der Waals surface area contributed by atoms with Crippen molar-refractivity contribution in [1.29, 1.82) is 0 Å². The summed E-state index contributed by atoms with van der Waals surface area (Å²) in [6.45, 7) is 0.826. The average molecular weight is 197 g/mol. The van der Waals surface area contributed by atoms with Gasteiger partial charge in [0.05, 0.1) is 0 Å². The minimum atomic E-state index is -1.37. The van der Waals surface area contributed by atoms with Gasteiger partial charge in [-0.1, -0.05) is 33.7 Å². The van der Waals surface area contributed by atoms with E-state index in [4.69, 9.17) is 10.0 Å². The molecule has 0 saturated heterocycles. The van der Waals surface area contributed by atoms with Gasteiger partial charge in [0.1, 0.15) is 0 Å². The summed E-state index contributed by atoms with van der Waals surface area (Å²) in [7, 11) is 3.16. The number of hydrogen-bond acceptors (Lipinski definition) is 3. The highest BCUT2D eigenvalue weighted by atomic mass is 31.0. The summed E-state index contributed by atoms with van der Waals surface area (Å²) in [5.41, 5.74) is 1.66. The average Bonchev–Trinajstić information content (AvgIpc) is 2.04. The highest BCUT2D eigenvalue weighted by Gasteiger charge is 2.09. The van der Waals surface area contributed by atoms with Gasteiger partial charge in [0, 0.05) is 6.54 Å². The molecule has 70 valence electrons. The van der Waals surface area contributed by atoms with Gasteiger partial charge in [0.2, 0.25) is 0 Å². The summed E-state index contributed by atoms with van der Waals surface area (Å²) in [6, 6.07) is 7.20. The predicted octanol–water partition coefficient (Wildman–Crippen LogP) is -0.412. The van der Waals surface area contributed by atoms with Crippen molar-refractivity contribution in [3.05, 3.63) is 29.8 Å². The molecule has 0 radical (unpaired) electrons. The molecule has 0 aromatic heterocycles. The highest BCUT2D eigenvalue weighted by molar-refractivity contribution is 7.13. The maximum absolute atomic E-state index is 8.84. The van der Waals surface area contributed by atoms with E-state index in [2.05, 4.69) is 9.39 Å². The Balaban J connectivity index is 2.70. The van der Waals surface area contributed by atoms with Crippen LogP contribution in [0, 0.1) is 0 Å². The fourth-order valence-corrected chi connectivity index (χ4v) is 1.29. The van der Waals surface area contributed by atoms with Crippen LogP contribution in [0.1, 0.15) is 5.56 Å². The Bertz CT molecular complexity index is 263. The minimum Gasteiger partial charge on any atom is -0.423 e. The molecular formula is C8H13BNO2P. The molecule has 1 aromatic rings. The zero-order valence-corrected chi connectivity index (χ0v) is 8.67. The summed E-state index contributed by atoms with van der Waals surface area (Å²) in [4.78, 5) is 0. The van der Waals surface area contributed by atoms with Crippen LogP contribution < -0.4 is 5.46 Å². The molecule has 1 aromatic carbocycles. The Hall–Kier alpha value is -0.405. The normalized spacial score (nSPS) is 10.5. The Morgan fingerprint density at radius 2 is 1.85 bits per heavy atom. The Morgan fingerprint density at radius 1 is 1.31 bits per heavy atom. The molecular weight excluding hydrogens is 184 g/mol. The van der Waals surface area contributed by atoms with E-state index in [9.17, 15) is 0 Å². The standard InChI is InChI=1S/C8H13BNO2P/c1-10(13)6-7-2-4-8(5-3-7)9(11)12/h2-5,11-12H,6,13H2,1H3. The van der Waals surface area contributed by atoms with E-state index in [1.54, 1.807) is 12.1 Å². The molecule has 3 nitrogen and oxygen atoms in total. The molecule has 0 amide bonds. The van der Waals surface area contributed by atoms with Gasteiger partial charge >= 0.3 is 7.12 Å². The van der Waals surface area contributed by atoms with Crippen molar-refractivity contribution in [2.45, 2.75) is 6.54 Å². The molecule has 1 rings (SSSR count). The van der Waals surface area contributed by atoms with Crippen LogP contribution in [-0.4, -0.2) is 28.9 Å². The van der Waals surface area contributed by atoms with E-state index in [-0.39, 0.29) is 0 Å². The molecule has 0 spiro atoms. The fourth-order valence-electron chi connectivity index (χ4n) is 1.08. The van der Waals surface area contributed by atoms with E-state index >= 15 is 0 Å². The number of nitrogens with zero attached hydrogens (tertiary/aromatic N) is 1.